The number of nitrogens with one attached hydrogen (secondary N) is 2. The Bertz CT molecular complexity index is 1880. The fourth-order valence-electron chi connectivity index (χ4n) is 3.77. The van der Waals surface area contributed by atoms with Gasteiger partial charge in [-0.2, -0.15) is 0 Å². The first kappa shape index (κ1) is 30.4. The molecule has 4 rings (SSSR count). The van der Waals surface area contributed by atoms with Crippen LogP contribution in [0.15, 0.2) is 59.6 Å². The van der Waals surface area contributed by atoms with Gasteiger partial charge in [-0.1, -0.05) is 11.6 Å². The molecule has 0 bridgehead atoms. The number of aryl methyl sites for hydroxylation is 1. The molecule has 0 aliphatic carbocycles. The smallest absolute Gasteiger partial charge is 0.265 e. The molecule has 0 saturated carbocycles. The number of amides is 1. The molecule has 2 aromatic heterocycles. The summed E-state index contributed by atoms with van der Waals surface area (Å²) in [4.78, 5) is 17.8. The van der Waals surface area contributed by atoms with Crippen LogP contribution in [0.5, 0.6) is 5.75 Å². The zero-order chi connectivity index (χ0) is 30.1. The van der Waals surface area contributed by atoms with Gasteiger partial charge in [0.2, 0.25) is 10.0 Å². The Morgan fingerprint density at radius 1 is 0.976 bits per heavy atom. The number of sulfone groups is 1. The molecule has 2 heterocycles. The zero-order valence-electron chi connectivity index (χ0n) is 21.7. The maximum Gasteiger partial charge on any atom is 0.265 e. The third kappa shape index (κ3) is 8.00. The minimum Gasteiger partial charge on any atom is -0.487 e. The Balaban J connectivity index is 1.60. The van der Waals surface area contributed by atoms with E-state index < -0.39 is 37.4 Å². The van der Waals surface area contributed by atoms with Gasteiger partial charge in [-0.25, -0.2) is 30.6 Å². The predicted molar refractivity (Wildman–Crippen MR) is 154 cm³/mol. The highest BCUT2D eigenvalue weighted by atomic mass is 35.5. The van der Waals surface area contributed by atoms with Crippen molar-refractivity contribution in [2.45, 2.75) is 18.4 Å². The topological polar surface area (TPSA) is 132 Å². The monoisotopic (exact) mass is 641 g/mol. The average molecular weight is 642 g/mol. The Morgan fingerprint density at radius 2 is 1.68 bits per heavy atom. The van der Waals surface area contributed by atoms with E-state index in [1.54, 1.807) is 6.92 Å². The minimum absolute atomic E-state index is 0.00522. The van der Waals surface area contributed by atoms with Crippen molar-refractivity contribution in [3.05, 3.63) is 86.7 Å². The summed E-state index contributed by atoms with van der Waals surface area (Å²) in [6.07, 6.45) is 2.91. The number of aromatic nitrogens is 1. The summed E-state index contributed by atoms with van der Waals surface area (Å²) in [7, 11) is -7.25. The molecule has 0 aliphatic heterocycles. The molecule has 1 amide bonds. The van der Waals surface area contributed by atoms with Crippen LogP contribution in [0.4, 0.5) is 20.2 Å². The van der Waals surface area contributed by atoms with Crippen molar-refractivity contribution < 1.29 is 35.1 Å². The van der Waals surface area contributed by atoms with Crippen LogP contribution < -0.4 is 14.8 Å². The normalized spacial score (nSPS) is 11.8. The number of pyridine rings is 1. The number of rotatable bonds is 9. The van der Waals surface area contributed by atoms with Gasteiger partial charge < -0.3 is 10.1 Å². The Morgan fingerprint density at radius 3 is 2.37 bits per heavy atom. The Labute approximate surface area is 244 Å². The summed E-state index contributed by atoms with van der Waals surface area (Å²) in [6.45, 7) is 1.44. The van der Waals surface area contributed by atoms with Crippen molar-refractivity contribution in [1.29, 1.82) is 0 Å². The van der Waals surface area contributed by atoms with Crippen LogP contribution in [0.25, 0.3) is 11.3 Å². The summed E-state index contributed by atoms with van der Waals surface area (Å²) in [5.74, 6) is -2.00. The molecule has 2 N–H and O–H groups in total. The first-order chi connectivity index (χ1) is 19.1. The first-order valence-corrected chi connectivity index (χ1v) is 16.5. The molecule has 4 aromatic rings. The fourth-order valence-corrected chi connectivity index (χ4v) is 6.16. The highest BCUT2D eigenvalue weighted by molar-refractivity contribution is 7.92. The molecule has 0 unspecified atom stereocenters. The summed E-state index contributed by atoms with van der Waals surface area (Å²) in [6, 6.07) is 10.1. The number of hydrogen-bond acceptors (Lipinski definition) is 8. The number of sulfonamides is 1. The molecular weight excluding hydrogens is 620 g/mol. The van der Waals surface area contributed by atoms with Gasteiger partial charge in [-0.15, -0.1) is 11.3 Å². The lowest BCUT2D eigenvalue weighted by Gasteiger charge is -2.12. The summed E-state index contributed by atoms with van der Waals surface area (Å²) in [5.41, 5.74) is 1.29. The van der Waals surface area contributed by atoms with Gasteiger partial charge in [0, 0.05) is 33.5 Å². The molecule has 0 aliphatic rings. The van der Waals surface area contributed by atoms with Crippen molar-refractivity contribution in [2.24, 2.45) is 0 Å². The maximum absolute atomic E-state index is 14.1. The van der Waals surface area contributed by atoms with E-state index >= 15 is 0 Å². The molecule has 2 aromatic carbocycles. The first-order valence-electron chi connectivity index (χ1n) is 11.6. The predicted octanol–water partition coefficient (Wildman–Crippen LogP) is 5.66. The second kappa shape index (κ2) is 11.7. The number of carbonyl (C=O) groups excluding carboxylic acids is 1. The lowest BCUT2D eigenvalue weighted by molar-refractivity contribution is 0.103. The van der Waals surface area contributed by atoms with Gasteiger partial charge in [0.25, 0.3) is 5.91 Å². The molecule has 0 fully saturated rings. The van der Waals surface area contributed by atoms with Crippen molar-refractivity contribution in [1.82, 2.24) is 4.98 Å². The van der Waals surface area contributed by atoms with Gasteiger partial charge in [-0.3, -0.25) is 9.52 Å². The summed E-state index contributed by atoms with van der Waals surface area (Å²) < 4.78 is 83.0. The molecule has 0 radical (unpaired) electrons. The number of halogens is 3. The number of benzene rings is 2. The second-order valence-corrected chi connectivity index (χ2v) is 14.5. The van der Waals surface area contributed by atoms with Gasteiger partial charge in [0.05, 0.1) is 27.9 Å². The SMILES string of the molecule is Cc1sc(C(=O)Nc2cc(Cl)cc(NS(C)(=O)=O)c2)cc1-c1ncc(F)cc1OCc1cc(F)cc(S(C)(=O)=O)c1. The van der Waals surface area contributed by atoms with E-state index in [9.17, 15) is 30.4 Å². The molecule has 216 valence electrons. The molecule has 9 nitrogen and oxygen atoms in total. The summed E-state index contributed by atoms with van der Waals surface area (Å²) >= 11 is 7.20. The van der Waals surface area contributed by atoms with Crippen molar-refractivity contribution >= 4 is 60.1 Å². The van der Waals surface area contributed by atoms with Crippen LogP contribution in [-0.4, -0.2) is 40.2 Å². The van der Waals surface area contributed by atoms with Crippen molar-refractivity contribution in [3.63, 3.8) is 0 Å². The quantitative estimate of drug-likeness (QED) is 0.241. The molecule has 0 atom stereocenters. The third-order valence-electron chi connectivity index (χ3n) is 5.43. The van der Waals surface area contributed by atoms with Gasteiger partial charge >= 0.3 is 0 Å². The van der Waals surface area contributed by atoms with Crippen LogP contribution in [0.2, 0.25) is 5.02 Å². The molecular formula is C26H22ClF2N3O6S3. The van der Waals surface area contributed by atoms with Crippen LogP contribution in [0.1, 0.15) is 20.1 Å². The minimum atomic E-state index is -3.68. The van der Waals surface area contributed by atoms with Gasteiger partial charge in [-0.05, 0) is 55.0 Å². The van der Waals surface area contributed by atoms with E-state index in [1.165, 1.54) is 30.3 Å². The van der Waals surface area contributed by atoms with E-state index in [0.29, 0.717) is 10.4 Å². The Kier molecular flexibility index (Phi) is 8.68. The maximum atomic E-state index is 14.1. The Hall–Kier alpha value is -3.59. The number of nitrogens with zero attached hydrogens (tertiary/aromatic N) is 1. The lowest BCUT2D eigenvalue weighted by atomic mass is 10.1. The van der Waals surface area contributed by atoms with E-state index in [1.807, 2.05) is 0 Å². The average Bonchev–Trinajstić information content (AvgIpc) is 3.22. The van der Waals surface area contributed by atoms with E-state index in [2.05, 4.69) is 15.0 Å². The van der Waals surface area contributed by atoms with E-state index in [0.717, 1.165) is 48.2 Å². The van der Waals surface area contributed by atoms with Crippen LogP contribution in [0, 0.1) is 18.6 Å². The fraction of sp³-hybridized carbons (Fsp3) is 0.154. The molecule has 0 spiro atoms. The van der Waals surface area contributed by atoms with Crippen LogP contribution in [0.3, 0.4) is 0 Å². The second-order valence-electron chi connectivity index (χ2n) is 8.99. The van der Waals surface area contributed by atoms with Crippen molar-refractivity contribution in [3.8, 4) is 17.0 Å². The summed E-state index contributed by atoms with van der Waals surface area (Å²) in [5, 5.41) is 2.86. The molecule has 0 saturated heterocycles. The lowest BCUT2D eigenvalue weighted by Crippen LogP contribution is -2.12. The number of thiophene rings is 1. The third-order valence-corrected chi connectivity index (χ3v) is 8.39. The number of anilines is 2. The van der Waals surface area contributed by atoms with Crippen LogP contribution >= 0.6 is 22.9 Å². The largest absolute Gasteiger partial charge is 0.487 e. The van der Waals surface area contributed by atoms with Crippen molar-refractivity contribution in [2.75, 3.05) is 22.6 Å². The van der Waals surface area contributed by atoms with Gasteiger partial charge in [0.15, 0.2) is 9.84 Å². The molecule has 41 heavy (non-hydrogen) atoms. The van der Waals surface area contributed by atoms with E-state index in [-0.39, 0.29) is 49.8 Å². The number of hydrogen-bond donors (Lipinski definition) is 2. The highest BCUT2D eigenvalue weighted by Crippen LogP contribution is 2.36. The van der Waals surface area contributed by atoms with Crippen LogP contribution in [-0.2, 0) is 26.5 Å². The number of carbonyl (C=O) groups is 1. The number of ether oxygens (including phenoxy) is 1. The van der Waals surface area contributed by atoms with E-state index in [4.69, 9.17) is 16.3 Å². The zero-order valence-corrected chi connectivity index (χ0v) is 24.9. The van der Waals surface area contributed by atoms with Gasteiger partial charge in [0.1, 0.15) is 29.7 Å². The molecule has 15 heteroatoms. The highest BCUT2D eigenvalue weighted by Gasteiger charge is 2.20. The standard InChI is InChI=1S/C26H22ClF2N3O6S3/c1-14-22(11-24(39-14)26(33)31-19-6-16(27)7-20(10-19)32-41(3,36)37)25-23(9-18(29)12-30-25)38-13-15-4-17(28)8-21(5-15)40(2,34)35/h4-12,32H,13H2,1-3H3,(H,31,33).